The fraction of sp³-hybridized carbons (Fsp3) is 1.00. The maximum atomic E-state index is 7.00. The van der Waals surface area contributed by atoms with Crippen LogP contribution in [-0.2, 0) is 4.74 Å². The van der Waals surface area contributed by atoms with Crippen LogP contribution >= 0.6 is 0 Å². The fourth-order valence-corrected chi connectivity index (χ4v) is 0.739. The fourth-order valence-electron chi connectivity index (χ4n) is 0.739. The molecule has 0 aromatic rings. The molecule has 1 heterocycles. The molecule has 3 N–H and O–H groups in total. The Morgan fingerprint density at radius 2 is 2.00 bits per heavy atom. The Bertz CT molecular complexity index is 41.6. The Balaban J connectivity index is 0. The molecule has 0 aromatic carbocycles. The molecule has 3 heteroatoms. The summed E-state index contributed by atoms with van der Waals surface area (Å²) in [5.41, 5.74) is 0. The van der Waals surface area contributed by atoms with Crippen LogP contribution in [0.1, 0.15) is 19.8 Å². The Labute approximate surface area is 56.0 Å². The van der Waals surface area contributed by atoms with Crippen molar-refractivity contribution in [1.82, 2.24) is 0 Å². The first-order chi connectivity index (χ1) is 3.89. The van der Waals surface area contributed by atoms with Crippen molar-refractivity contribution in [3.8, 4) is 0 Å². The summed E-state index contributed by atoms with van der Waals surface area (Å²) >= 11 is 0. The van der Waals surface area contributed by atoms with Crippen LogP contribution in [0.5, 0.6) is 0 Å². The summed E-state index contributed by atoms with van der Waals surface area (Å²) in [5.74, 6) is 0. The highest BCUT2D eigenvalue weighted by atomic mass is 16.5. The van der Waals surface area contributed by atoms with Gasteiger partial charge >= 0.3 is 0 Å². The summed E-state index contributed by atoms with van der Waals surface area (Å²) in [7, 11) is 1.00. The molecule has 0 saturated carbocycles. The molecule has 9 heavy (non-hydrogen) atoms. The molecular weight excluding hydrogens is 120 g/mol. The SMILES string of the molecule is CC1CCCO1.CO.O. The van der Waals surface area contributed by atoms with Gasteiger partial charge < -0.3 is 15.3 Å². The number of ether oxygens (including phenoxy) is 1. The highest BCUT2D eigenvalue weighted by Crippen LogP contribution is 2.09. The van der Waals surface area contributed by atoms with E-state index in [4.69, 9.17) is 9.84 Å². The molecule has 0 bridgehead atoms. The van der Waals surface area contributed by atoms with Crippen LogP contribution in [0.3, 0.4) is 0 Å². The van der Waals surface area contributed by atoms with Crippen molar-refractivity contribution >= 4 is 0 Å². The molecule has 0 amide bonds. The topological polar surface area (TPSA) is 61.0 Å². The molecule has 1 aliphatic rings. The van der Waals surface area contributed by atoms with E-state index in [1.165, 1.54) is 12.8 Å². The van der Waals surface area contributed by atoms with E-state index in [1.54, 1.807) is 0 Å². The zero-order chi connectivity index (χ0) is 6.41. The molecule has 1 fully saturated rings. The van der Waals surface area contributed by atoms with Crippen molar-refractivity contribution in [1.29, 1.82) is 0 Å². The molecule has 0 aliphatic carbocycles. The number of rotatable bonds is 0. The van der Waals surface area contributed by atoms with E-state index in [2.05, 4.69) is 6.92 Å². The average Bonchev–Trinajstić information content (AvgIpc) is 2.24. The van der Waals surface area contributed by atoms with Crippen molar-refractivity contribution in [2.45, 2.75) is 25.9 Å². The normalized spacial score (nSPS) is 23.7. The number of hydrogen-bond donors (Lipinski definition) is 1. The van der Waals surface area contributed by atoms with Gasteiger partial charge in [-0.15, -0.1) is 0 Å². The molecule has 0 radical (unpaired) electrons. The minimum absolute atomic E-state index is 0. The van der Waals surface area contributed by atoms with E-state index in [1.807, 2.05) is 0 Å². The second-order valence-corrected chi connectivity index (χ2v) is 1.82. The van der Waals surface area contributed by atoms with Gasteiger partial charge in [0.25, 0.3) is 0 Å². The van der Waals surface area contributed by atoms with Gasteiger partial charge in [-0.1, -0.05) is 0 Å². The second kappa shape index (κ2) is 7.88. The Hall–Kier alpha value is -0.120. The molecule has 1 aliphatic heterocycles. The van der Waals surface area contributed by atoms with Gasteiger partial charge in [-0.25, -0.2) is 0 Å². The first-order valence-corrected chi connectivity index (χ1v) is 2.96. The van der Waals surface area contributed by atoms with Gasteiger partial charge in [-0.3, -0.25) is 0 Å². The highest BCUT2D eigenvalue weighted by Gasteiger charge is 2.07. The molecule has 58 valence electrons. The van der Waals surface area contributed by atoms with E-state index < -0.39 is 0 Å². The van der Waals surface area contributed by atoms with Gasteiger partial charge in [-0.2, -0.15) is 0 Å². The molecule has 0 aromatic heterocycles. The number of aliphatic hydroxyl groups is 1. The van der Waals surface area contributed by atoms with Crippen LogP contribution in [0.15, 0.2) is 0 Å². The quantitative estimate of drug-likeness (QED) is 0.508. The van der Waals surface area contributed by atoms with E-state index in [0.29, 0.717) is 6.10 Å². The highest BCUT2D eigenvalue weighted by molar-refractivity contribution is 4.56. The lowest BCUT2D eigenvalue weighted by Gasteiger charge is -1.94. The van der Waals surface area contributed by atoms with Crippen LogP contribution in [0, 0.1) is 0 Å². The molecule has 1 atom stereocenters. The minimum Gasteiger partial charge on any atom is -0.412 e. The van der Waals surface area contributed by atoms with Gasteiger partial charge in [-0.05, 0) is 19.8 Å². The first kappa shape index (κ1) is 11.6. The summed E-state index contributed by atoms with van der Waals surface area (Å²) < 4.78 is 5.15. The predicted molar refractivity (Wildman–Crippen MR) is 36.4 cm³/mol. The van der Waals surface area contributed by atoms with E-state index in [9.17, 15) is 0 Å². The first-order valence-electron chi connectivity index (χ1n) is 2.96. The number of hydrogen-bond acceptors (Lipinski definition) is 2. The largest absolute Gasteiger partial charge is 0.412 e. The van der Waals surface area contributed by atoms with Gasteiger partial charge in [0.15, 0.2) is 0 Å². The summed E-state index contributed by atoms with van der Waals surface area (Å²) in [4.78, 5) is 0. The van der Waals surface area contributed by atoms with Crippen molar-refractivity contribution < 1.29 is 15.3 Å². The standard InChI is InChI=1S/C5H10O.CH4O.H2O/c1-5-3-2-4-6-5;1-2;/h5H,2-4H2,1H3;2H,1H3;1H2. The van der Waals surface area contributed by atoms with Crippen LogP contribution in [0.25, 0.3) is 0 Å². The summed E-state index contributed by atoms with van der Waals surface area (Å²) in [6.07, 6.45) is 3.08. The number of aliphatic hydroxyl groups excluding tert-OH is 1. The summed E-state index contributed by atoms with van der Waals surface area (Å²) in [6, 6.07) is 0. The van der Waals surface area contributed by atoms with Gasteiger partial charge in [0.2, 0.25) is 0 Å². The third kappa shape index (κ3) is 5.76. The summed E-state index contributed by atoms with van der Waals surface area (Å²) in [6.45, 7) is 3.11. The van der Waals surface area contributed by atoms with E-state index >= 15 is 0 Å². The van der Waals surface area contributed by atoms with Crippen molar-refractivity contribution in [3.63, 3.8) is 0 Å². The average molecular weight is 136 g/mol. The zero-order valence-corrected chi connectivity index (χ0v) is 6.05. The smallest absolute Gasteiger partial charge is 0.0547 e. The van der Waals surface area contributed by atoms with Crippen LogP contribution in [0.4, 0.5) is 0 Å². The molecule has 3 nitrogen and oxygen atoms in total. The summed E-state index contributed by atoms with van der Waals surface area (Å²) in [5, 5.41) is 7.00. The van der Waals surface area contributed by atoms with E-state index in [-0.39, 0.29) is 5.48 Å². The maximum Gasteiger partial charge on any atom is 0.0547 e. The van der Waals surface area contributed by atoms with Crippen molar-refractivity contribution in [3.05, 3.63) is 0 Å². The molecule has 1 saturated heterocycles. The Kier molecular flexibility index (Phi) is 10.2. The lowest BCUT2D eigenvalue weighted by Crippen LogP contribution is -1.94. The van der Waals surface area contributed by atoms with Crippen LogP contribution < -0.4 is 0 Å². The monoisotopic (exact) mass is 136 g/mol. The molecule has 1 unspecified atom stereocenters. The predicted octanol–water partition coefficient (Wildman–Crippen LogP) is -0.0309. The Morgan fingerprint density at radius 1 is 1.44 bits per heavy atom. The minimum atomic E-state index is 0. The molecule has 1 rings (SSSR count). The zero-order valence-electron chi connectivity index (χ0n) is 6.05. The third-order valence-electron chi connectivity index (χ3n) is 1.16. The van der Waals surface area contributed by atoms with Crippen LogP contribution in [-0.4, -0.2) is 30.4 Å². The van der Waals surface area contributed by atoms with Crippen molar-refractivity contribution in [2.24, 2.45) is 0 Å². The lowest BCUT2D eigenvalue weighted by atomic mass is 10.3. The lowest BCUT2D eigenvalue weighted by molar-refractivity contribution is 0.125. The maximum absolute atomic E-state index is 7.00. The third-order valence-corrected chi connectivity index (χ3v) is 1.16. The van der Waals surface area contributed by atoms with Gasteiger partial charge in [0.1, 0.15) is 0 Å². The van der Waals surface area contributed by atoms with Gasteiger partial charge in [0, 0.05) is 13.7 Å². The molecular formula is C6H16O3. The van der Waals surface area contributed by atoms with E-state index in [0.717, 1.165) is 13.7 Å². The second-order valence-electron chi connectivity index (χ2n) is 1.82. The Morgan fingerprint density at radius 3 is 2.11 bits per heavy atom. The van der Waals surface area contributed by atoms with Gasteiger partial charge in [0.05, 0.1) is 6.10 Å². The molecule has 0 spiro atoms. The van der Waals surface area contributed by atoms with Crippen molar-refractivity contribution in [2.75, 3.05) is 13.7 Å². The van der Waals surface area contributed by atoms with Crippen LogP contribution in [0.2, 0.25) is 0 Å².